The molecule has 1 amide bonds. The summed E-state index contributed by atoms with van der Waals surface area (Å²) in [6.45, 7) is 6.19. The fourth-order valence-electron chi connectivity index (χ4n) is 3.04. The van der Waals surface area contributed by atoms with E-state index in [0.29, 0.717) is 24.2 Å². The summed E-state index contributed by atoms with van der Waals surface area (Å²) in [6.07, 6.45) is 6.29. The maximum absolute atomic E-state index is 12.2. The second kappa shape index (κ2) is 9.35. The van der Waals surface area contributed by atoms with Crippen LogP contribution in [0.1, 0.15) is 45.4 Å². The van der Waals surface area contributed by atoms with Crippen LogP contribution in [0, 0.1) is 11.8 Å². The molecular formula is C16H33N3O. The zero-order chi connectivity index (χ0) is 15.0. The van der Waals surface area contributed by atoms with E-state index in [-0.39, 0.29) is 0 Å². The summed E-state index contributed by atoms with van der Waals surface area (Å²) in [5.41, 5.74) is 5.61. The van der Waals surface area contributed by atoms with Crippen LogP contribution in [-0.2, 0) is 4.79 Å². The van der Waals surface area contributed by atoms with Crippen molar-refractivity contribution in [3.05, 3.63) is 0 Å². The average molecular weight is 283 g/mol. The van der Waals surface area contributed by atoms with Gasteiger partial charge in [0, 0.05) is 20.0 Å². The monoisotopic (exact) mass is 283 g/mol. The molecule has 1 atom stereocenters. The van der Waals surface area contributed by atoms with Gasteiger partial charge in [0.25, 0.3) is 0 Å². The van der Waals surface area contributed by atoms with Gasteiger partial charge in [0.1, 0.15) is 0 Å². The van der Waals surface area contributed by atoms with Gasteiger partial charge in [0.2, 0.25) is 5.91 Å². The molecule has 1 rings (SSSR count). The fraction of sp³-hybridized carbons (Fsp3) is 0.938. The van der Waals surface area contributed by atoms with Crippen LogP contribution >= 0.6 is 0 Å². The Morgan fingerprint density at radius 1 is 1.35 bits per heavy atom. The van der Waals surface area contributed by atoms with E-state index in [1.165, 1.54) is 25.9 Å². The molecule has 4 nitrogen and oxygen atoms in total. The molecule has 20 heavy (non-hydrogen) atoms. The van der Waals surface area contributed by atoms with Gasteiger partial charge in [-0.25, -0.2) is 0 Å². The Hall–Kier alpha value is -0.610. The predicted octanol–water partition coefficient (Wildman–Crippen LogP) is 1.94. The van der Waals surface area contributed by atoms with Crippen LogP contribution in [-0.4, -0.2) is 56.0 Å². The summed E-state index contributed by atoms with van der Waals surface area (Å²) >= 11 is 0. The number of rotatable bonds is 8. The Balaban J connectivity index is 2.24. The summed E-state index contributed by atoms with van der Waals surface area (Å²) in [7, 11) is 4.14. The summed E-state index contributed by atoms with van der Waals surface area (Å²) in [5, 5.41) is 0. The van der Waals surface area contributed by atoms with E-state index in [9.17, 15) is 4.79 Å². The first-order chi connectivity index (χ1) is 9.56. The SMILES string of the molecule is CCC(CCN)CCC(=O)N(C)CC1CCN(C)CC1. The Morgan fingerprint density at radius 2 is 2.00 bits per heavy atom. The van der Waals surface area contributed by atoms with Crippen molar-refractivity contribution in [2.75, 3.05) is 40.3 Å². The van der Waals surface area contributed by atoms with E-state index in [1.807, 2.05) is 11.9 Å². The molecule has 1 unspecified atom stereocenters. The lowest BCUT2D eigenvalue weighted by Gasteiger charge is -2.31. The maximum Gasteiger partial charge on any atom is 0.222 e. The largest absolute Gasteiger partial charge is 0.345 e. The van der Waals surface area contributed by atoms with Crippen molar-refractivity contribution in [3.8, 4) is 0 Å². The zero-order valence-corrected chi connectivity index (χ0v) is 13.6. The van der Waals surface area contributed by atoms with Crippen LogP contribution < -0.4 is 5.73 Å². The highest BCUT2D eigenvalue weighted by atomic mass is 16.2. The second-order valence-corrected chi connectivity index (χ2v) is 6.41. The van der Waals surface area contributed by atoms with E-state index in [1.54, 1.807) is 0 Å². The Kier molecular flexibility index (Phi) is 8.15. The molecule has 1 aliphatic rings. The number of carbonyl (C=O) groups is 1. The van der Waals surface area contributed by atoms with Crippen LogP contribution in [0.2, 0.25) is 0 Å². The van der Waals surface area contributed by atoms with Gasteiger partial charge in [0.15, 0.2) is 0 Å². The smallest absolute Gasteiger partial charge is 0.222 e. The van der Waals surface area contributed by atoms with Crippen LogP contribution in [0.15, 0.2) is 0 Å². The van der Waals surface area contributed by atoms with Gasteiger partial charge >= 0.3 is 0 Å². The van der Waals surface area contributed by atoms with Gasteiger partial charge in [-0.1, -0.05) is 13.3 Å². The molecule has 118 valence electrons. The molecule has 0 bridgehead atoms. The Bertz CT molecular complexity index is 275. The number of carbonyl (C=O) groups excluding carboxylic acids is 1. The number of amides is 1. The average Bonchev–Trinajstić information content (AvgIpc) is 2.45. The van der Waals surface area contributed by atoms with Crippen molar-refractivity contribution in [1.29, 1.82) is 0 Å². The van der Waals surface area contributed by atoms with Crippen LogP contribution in [0.25, 0.3) is 0 Å². The van der Waals surface area contributed by atoms with Gasteiger partial charge in [-0.3, -0.25) is 4.79 Å². The minimum Gasteiger partial charge on any atom is -0.345 e. The van der Waals surface area contributed by atoms with Crippen molar-refractivity contribution in [1.82, 2.24) is 9.80 Å². The first-order valence-electron chi connectivity index (χ1n) is 8.19. The number of piperidine rings is 1. The molecule has 1 saturated heterocycles. The molecule has 1 aliphatic heterocycles. The second-order valence-electron chi connectivity index (χ2n) is 6.41. The van der Waals surface area contributed by atoms with Gasteiger partial charge in [0.05, 0.1) is 0 Å². The lowest BCUT2D eigenvalue weighted by Crippen LogP contribution is -2.38. The summed E-state index contributed by atoms with van der Waals surface area (Å²) < 4.78 is 0. The molecule has 0 saturated carbocycles. The molecule has 0 aromatic heterocycles. The quantitative estimate of drug-likeness (QED) is 0.740. The van der Waals surface area contributed by atoms with E-state index in [4.69, 9.17) is 5.73 Å². The number of nitrogens with zero attached hydrogens (tertiary/aromatic N) is 2. The lowest BCUT2D eigenvalue weighted by molar-refractivity contribution is -0.131. The molecule has 0 radical (unpaired) electrons. The van der Waals surface area contributed by atoms with Crippen molar-refractivity contribution < 1.29 is 4.79 Å². The molecule has 1 fully saturated rings. The number of hydrogen-bond acceptors (Lipinski definition) is 3. The molecular weight excluding hydrogens is 250 g/mol. The highest BCUT2D eigenvalue weighted by Gasteiger charge is 2.20. The highest BCUT2D eigenvalue weighted by Crippen LogP contribution is 2.19. The third-order valence-corrected chi connectivity index (χ3v) is 4.71. The fourth-order valence-corrected chi connectivity index (χ4v) is 3.04. The third-order valence-electron chi connectivity index (χ3n) is 4.71. The normalized spacial score (nSPS) is 19.0. The minimum absolute atomic E-state index is 0.305. The highest BCUT2D eigenvalue weighted by molar-refractivity contribution is 5.75. The van der Waals surface area contributed by atoms with Gasteiger partial charge < -0.3 is 15.5 Å². The molecule has 1 heterocycles. The van der Waals surface area contributed by atoms with Crippen molar-refractivity contribution in [2.45, 2.75) is 45.4 Å². The first-order valence-corrected chi connectivity index (χ1v) is 8.19. The standard InChI is InChI=1S/C16H33N3O/c1-4-14(7-10-17)5-6-16(20)19(3)13-15-8-11-18(2)12-9-15/h14-15H,4-13,17H2,1-3H3. The third kappa shape index (κ3) is 6.23. The van der Waals surface area contributed by atoms with E-state index in [0.717, 1.165) is 32.4 Å². The Labute approximate surface area is 124 Å². The van der Waals surface area contributed by atoms with Crippen LogP contribution in [0.3, 0.4) is 0 Å². The van der Waals surface area contributed by atoms with Gasteiger partial charge in [-0.05, 0) is 64.2 Å². The Morgan fingerprint density at radius 3 is 2.55 bits per heavy atom. The minimum atomic E-state index is 0.305. The van der Waals surface area contributed by atoms with E-state index in [2.05, 4.69) is 18.9 Å². The van der Waals surface area contributed by atoms with E-state index >= 15 is 0 Å². The summed E-state index contributed by atoms with van der Waals surface area (Å²) in [6, 6.07) is 0. The lowest BCUT2D eigenvalue weighted by atomic mass is 9.95. The van der Waals surface area contributed by atoms with Crippen molar-refractivity contribution >= 4 is 5.91 Å². The van der Waals surface area contributed by atoms with Crippen molar-refractivity contribution in [2.24, 2.45) is 17.6 Å². The molecule has 4 heteroatoms. The molecule has 2 N–H and O–H groups in total. The van der Waals surface area contributed by atoms with Gasteiger partial charge in [-0.2, -0.15) is 0 Å². The van der Waals surface area contributed by atoms with E-state index < -0.39 is 0 Å². The maximum atomic E-state index is 12.2. The first kappa shape index (κ1) is 17.4. The summed E-state index contributed by atoms with van der Waals surface area (Å²) in [5.74, 6) is 1.60. The topological polar surface area (TPSA) is 49.6 Å². The number of hydrogen-bond donors (Lipinski definition) is 1. The van der Waals surface area contributed by atoms with Gasteiger partial charge in [-0.15, -0.1) is 0 Å². The molecule has 0 aliphatic carbocycles. The summed E-state index contributed by atoms with van der Waals surface area (Å²) in [4.78, 5) is 16.5. The molecule has 0 spiro atoms. The number of likely N-dealkylation sites (tertiary alicyclic amines) is 1. The predicted molar refractivity (Wildman–Crippen MR) is 84.5 cm³/mol. The van der Waals surface area contributed by atoms with Crippen molar-refractivity contribution in [3.63, 3.8) is 0 Å². The number of nitrogens with two attached hydrogens (primary N) is 1. The molecule has 0 aromatic rings. The van der Waals surface area contributed by atoms with Crippen LogP contribution in [0.4, 0.5) is 0 Å². The zero-order valence-electron chi connectivity index (χ0n) is 13.6. The van der Waals surface area contributed by atoms with Crippen LogP contribution in [0.5, 0.6) is 0 Å². The molecule has 0 aromatic carbocycles.